The molecule has 0 fully saturated rings. The van der Waals surface area contributed by atoms with E-state index in [-0.39, 0.29) is 4.90 Å². The number of sulfonamides is 1. The van der Waals surface area contributed by atoms with E-state index in [2.05, 4.69) is 15.0 Å². The summed E-state index contributed by atoms with van der Waals surface area (Å²) in [7, 11) is -3.65. The highest BCUT2D eigenvalue weighted by molar-refractivity contribution is 7.92. The largest absolute Gasteiger partial charge is 0.339 e. The van der Waals surface area contributed by atoms with Gasteiger partial charge in [-0.05, 0) is 36.4 Å². The summed E-state index contributed by atoms with van der Waals surface area (Å²) in [5.41, 5.74) is 0.964. The van der Waals surface area contributed by atoms with Crippen LogP contribution < -0.4 is 10.0 Å². The van der Waals surface area contributed by atoms with Crippen LogP contribution >= 0.6 is 23.2 Å². The van der Waals surface area contributed by atoms with E-state index < -0.39 is 10.0 Å². The number of hydrogen-bond acceptors (Lipinski definition) is 4. The first kappa shape index (κ1) is 17.5. The minimum Gasteiger partial charge on any atom is -0.339 e. The Hall–Kier alpha value is -2.28. The van der Waals surface area contributed by atoms with Gasteiger partial charge in [-0.15, -0.1) is 0 Å². The Morgan fingerprint density at radius 3 is 2.32 bits per heavy atom. The molecule has 1 heterocycles. The molecule has 3 rings (SSSR count). The first-order valence-corrected chi connectivity index (χ1v) is 9.44. The molecule has 5 nitrogen and oxygen atoms in total. The van der Waals surface area contributed by atoms with Gasteiger partial charge < -0.3 is 5.32 Å². The van der Waals surface area contributed by atoms with E-state index in [0.717, 1.165) is 0 Å². The first-order chi connectivity index (χ1) is 12.0. The summed E-state index contributed by atoms with van der Waals surface area (Å²) in [5.74, 6) is 0.506. The monoisotopic (exact) mass is 393 g/mol. The Balaban J connectivity index is 1.76. The molecule has 0 saturated carbocycles. The van der Waals surface area contributed by atoms with Gasteiger partial charge in [0.05, 0.1) is 32.5 Å². The molecule has 0 aliphatic rings. The number of anilines is 3. The van der Waals surface area contributed by atoms with Gasteiger partial charge in [-0.25, -0.2) is 13.4 Å². The third-order valence-corrected chi connectivity index (χ3v) is 5.50. The average Bonchev–Trinajstić information content (AvgIpc) is 2.61. The molecule has 0 unspecified atom stereocenters. The summed E-state index contributed by atoms with van der Waals surface area (Å²) >= 11 is 12.1. The molecular weight excluding hydrogens is 381 g/mol. The maximum absolute atomic E-state index is 12.3. The van der Waals surface area contributed by atoms with Crippen molar-refractivity contribution in [1.29, 1.82) is 0 Å². The van der Waals surface area contributed by atoms with E-state index in [1.807, 2.05) is 0 Å². The van der Waals surface area contributed by atoms with Crippen LogP contribution in [0, 0.1) is 0 Å². The average molecular weight is 394 g/mol. The molecule has 0 amide bonds. The van der Waals surface area contributed by atoms with Crippen LogP contribution in [0.2, 0.25) is 10.0 Å². The molecule has 1 aromatic heterocycles. The molecule has 3 aromatic rings. The lowest BCUT2D eigenvalue weighted by molar-refractivity contribution is 0.601. The molecule has 0 saturated heterocycles. The highest BCUT2D eigenvalue weighted by atomic mass is 35.5. The highest BCUT2D eigenvalue weighted by Crippen LogP contribution is 2.31. The summed E-state index contributed by atoms with van der Waals surface area (Å²) < 4.78 is 27.0. The van der Waals surface area contributed by atoms with Crippen LogP contribution in [-0.2, 0) is 10.0 Å². The number of benzene rings is 2. The Kier molecular flexibility index (Phi) is 5.13. The van der Waals surface area contributed by atoms with Crippen molar-refractivity contribution in [2.75, 3.05) is 10.0 Å². The van der Waals surface area contributed by atoms with Gasteiger partial charge >= 0.3 is 0 Å². The number of aromatic nitrogens is 1. The van der Waals surface area contributed by atoms with Gasteiger partial charge in [0, 0.05) is 0 Å². The van der Waals surface area contributed by atoms with E-state index in [9.17, 15) is 8.42 Å². The lowest BCUT2D eigenvalue weighted by atomic mass is 10.3. The van der Waals surface area contributed by atoms with Crippen LogP contribution in [0.25, 0.3) is 0 Å². The van der Waals surface area contributed by atoms with E-state index in [4.69, 9.17) is 23.2 Å². The number of pyridine rings is 1. The van der Waals surface area contributed by atoms with Crippen LogP contribution in [0.5, 0.6) is 0 Å². The summed E-state index contributed by atoms with van der Waals surface area (Å²) in [6, 6.07) is 16.6. The molecule has 0 atom stereocenters. The SMILES string of the molecule is O=S(=O)(Nc1ccc(Nc2cccc(Cl)c2Cl)nc1)c1ccccc1. The first-order valence-electron chi connectivity index (χ1n) is 7.21. The van der Waals surface area contributed by atoms with Crippen LogP contribution in [0.3, 0.4) is 0 Å². The third-order valence-electron chi connectivity index (χ3n) is 3.28. The van der Waals surface area contributed by atoms with Crippen molar-refractivity contribution in [3.8, 4) is 0 Å². The molecule has 0 bridgehead atoms. The predicted molar refractivity (Wildman–Crippen MR) is 101 cm³/mol. The number of halogens is 2. The lowest BCUT2D eigenvalue weighted by Crippen LogP contribution is -2.13. The molecule has 0 aliphatic heterocycles. The van der Waals surface area contributed by atoms with Gasteiger partial charge in [-0.2, -0.15) is 0 Å². The standard InChI is InChI=1S/C17H13Cl2N3O2S/c18-14-7-4-8-15(17(14)19)21-16-10-9-12(11-20-16)22-25(23,24)13-5-2-1-3-6-13/h1-11,22H,(H,20,21). The second-order valence-electron chi connectivity index (χ2n) is 5.08. The van der Waals surface area contributed by atoms with Crippen molar-refractivity contribution in [1.82, 2.24) is 4.98 Å². The molecule has 0 aliphatic carbocycles. The molecule has 25 heavy (non-hydrogen) atoms. The van der Waals surface area contributed by atoms with Gasteiger partial charge in [0.2, 0.25) is 0 Å². The molecule has 2 aromatic carbocycles. The minimum absolute atomic E-state index is 0.183. The van der Waals surface area contributed by atoms with Crippen LogP contribution in [-0.4, -0.2) is 13.4 Å². The van der Waals surface area contributed by atoms with Crippen molar-refractivity contribution in [2.45, 2.75) is 4.90 Å². The van der Waals surface area contributed by atoms with Crippen molar-refractivity contribution in [3.63, 3.8) is 0 Å². The van der Waals surface area contributed by atoms with Gasteiger partial charge in [-0.3, -0.25) is 4.72 Å². The maximum Gasteiger partial charge on any atom is 0.261 e. The fourth-order valence-corrected chi connectivity index (χ4v) is 3.49. The Labute approximate surface area is 155 Å². The molecular formula is C17H13Cl2N3O2S. The number of hydrogen-bond donors (Lipinski definition) is 2. The van der Waals surface area contributed by atoms with E-state index in [1.54, 1.807) is 48.5 Å². The van der Waals surface area contributed by atoms with Crippen molar-refractivity contribution >= 4 is 50.4 Å². The molecule has 128 valence electrons. The summed E-state index contributed by atoms with van der Waals surface area (Å²) in [6.07, 6.45) is 1.42. The van der Waals surface area contributed by atoms with Gasteiger partial charge in [-0.1, -0.05) is 47.5 Å². The lowest BCUT2D eigenvalue weighted by Gasteiger charge is -2.10. The third kappa shape index (κ3) is 4.22. The Morgan fingerprint density at radius 2 is 1.64 bits per heavy atom. The molecule has 8 heteroatoms. The quantitative estimate of drug-likeness (QED) is 0.644. The number of rotatable bonds is 5. The summed E-state index contributed by atoms with van der Waals surface area (Å²) in [6.45, 7) is 0. The van der Waals surface area contributed by atoms with Gasteiger partial charge in [0.25, 0.3) is 10.0 Å². The number of nitrogens with one attached hydrogen (secondary N) is 2. The Bertz CT molecular complexity index is 979. The zero-order chi connectivity index (χ0) is 17.9. The van der Waals surface area contributed by atoms with E-state index in [0.29, 0.717) is 27.2 Å². The minimum atomic E-state index is -3.65. The Morgan fingerprint density at radius 1 is 0.880 bits per heavy atom. The topological polar surface area (TPSA) is 71.1 Å². The van der Waals surface area contributed by atoms with E-state index >= 15 is 0 Å². The van der Waals surface area contributed by atoms with Crippen LogP contribution in [0.1, 0.15) is 0 Å². The normalized spacial score (nSPS) is 11.1. The zero-order valence-electron chi connectivity index (χ0n) is 12.8. The van der Waals surface area contributed by atoms with Crippen molar-refractivity contribution in [2.24, 2.45) is 0 Å². The molecule has 2 N–H and O–H groups in total. The smallest absolute Gasteiger partial charge is 0.261 e. The fraction of sp³-hybridized carbons (Fsp3) is 0. The molecule has 0 radical (unpaired) electrons. The van der Waals surface area contributed by atoms with Crippen molar-refractivity contribution < 1.29 is 8.42 Å². The van der Waals surface area contributed by atoms with Crippen LogP contribution in [0.4, 0.5) is 17.2 Å². The summed E-state index contributed by atoms with van der Waals surface area (Å²) in [5, 5.41) is 3.85. The van der Waals surface area contributed by atoms with Crippen LogP contribution in [0.15, 0.2) is 71.8 Å². The maximum atomic E-state index is 12.3. The van der Waals surface area contributed by atoms with E-state index in [1.165, 1.54) is 18.3 Å². The number of nitrogens with zero attached hydrogens (tertiary/aromatic N) is 1. The second-order valence-corrected chi connectivity index (χ2v) is 7.54. The van der Waals surface area contributed by atoms with Gasteiger partial charge in [0.15, 0.2) is 0 Å². The highest BCUT2D eigenvalue weighted by Gasteiger charge is 2.13. The predicted octanol–water partition coefficient (Wildman–Crippen LogP) is 4.93. The molecule has 0 spiro atoms. The summed E-state index contributed by atoms with van der Waals surface area (Å²) in [4.78, 5) is 4.37. The fourth-order valence-electron chi connectivity index (χ4n) is 2.08. The second kappa shape index (κ2) is 7.31. The van der Waals surface area contributed by atoms with Crippen molar-refractivity contribution in [3.05, 3.63) is 76.9 Å². The van der Waals surface area contributed by atoms with Gasteiger partial charge in [0.1, 0.15) is 5.82 Å². The zero-order valence-corrected chi connectivity index (χ0v) is 15.1.